The van der Waals surface area contributed by atoms with Crippen LogP contribution in [0.2, 0.25) is 0 Å². The van der Waals surface area contributed by atoms with Gasteiger partial charge in [-0.15, -0.1) is 0 Å². The summed E-state index contributed by atoms with van der Waals surface area (Å²) in [6.45, 7) is 2.93. The van der Waals surface area contributed by atoms with Crippen LogP contribution in [0.4, 0.5) is 5.82 Å². The van der Waals surface area contributed by atoms with E-state index >= 15 is 0 Å². The third-order valence-electron chi connectivity index (χ3n) is 4.46. The lowest BCUT2D eigenvalue weighted by atomic mass is 9.97. The zero-order valence-corrected chi connectivity index (χ0v) is 17.5. The van der Waals surface area contributed by atoms with Crippen molar-refractivity contribution in [1.29, 1.82) is 10.5 Å². The molecule has 0 amide bonds. The van der Waals surface area contributed by atoms with Crippen molar-refractivity contribution in [3.05, 3.63) is 59.4 Å². The number of hydrogen-bond acceptors (Lipinski definition) is 7. The molecule has 0 saturated carbocycles. The van der Waals surface area contributed by atoms with Gasteiger partial charge in [-0.3, -0.25) is 0 Å². The lowest BCUT2D eigenvalue weighted by molar-refractivity contribution is 0.146. The molecule has 7 nitrogen and oxygen atoms in total. The molecule has 0 unspecified atom stereocenters. The number of ether oxygens (including phenoxy) is 2. The Morgan fingerprint density at radius 3 is 2.47 bits per heavy atom. The number of anilines is 1. The number of thioether (sulfide) groups is 1. The maximum Gasteiger partial charge on any atom is 0.143 e. The number of nitrogens with zero attached hydrogens (tertiary/aromatic N) is 3. The van der Waals surface area contributed by atoms with E-state index in [0.717, 1.165) is 5.69 Å². The van der Waals surface area contributed by atoms with Gasteiger partial charge in [-0.1, -0.05) is 23.9 Å². The second kappa shape index (κ2) is 9.84. The number of rotatable bonds is 8. The number of aromatic nitrogens is 2. The van der Waals surface area contributed by atoms with Crippen LogP contribution in [0.25, 0.3) is 11.1 Å². The summed E-state index contributed by atoms with van der Waals surface area (Å²) in [5.74, 6) is 0.776. The third-order valence-corrected chi connectivity index (χ3v) is 5.59. The number of nitrogen functional groups attached to an aromatic ring is 1. The summed E-state index contributed by atoms with van der Waals surface area (Å²) in [5, 5.41) is 20.1. The summed E-state index contributed by atoms with van der Waals surface area (Å²) in [6.07, 6.45) is 1.85. The number of nitrogens with one attached hydrogen (secondary N) is 1. The van der Waals surface area contributed by atoms with Gasteiger partial charge in [0.25, 0.3) is 0 Å². The van der Waals surface area contributed by atoms with Gasteiger partial charge in [0.15, 0.2) is 0 Å². The Kier molecular flexibility index (Phi) is 6.97. The molecule has 8 heteroatoms. The predicted molar refractivity (Wildman–Crippen MR) is 116 cm³/mol. The van der Waals surface area contributed by atoms with Crippen LogP contribution >= 0.6 is 11.8 Å². The van der Waals surface area contributed by atoms with Gasteiger partial charge in [0, 0.05) is 29.8 Å². The quantitative estimate of drug-likeness (QED) is 0.413. The molecule has 2 aromatic heterocycles. The molecular weight excluding hydrogens is 398 g/mol. The Hall–Kier alpha value is -3.46. The summed E-state index contributed by atoms with van der Waals surface area (Å²) in [5.41, 5.74) is 8.81. The highest BCUT2D eigenvalue weighted by Crippen LogP contribution is 2.40. The molecule has 0 radical (unpaired) electrons. The molecule has 1 atom stereocenters. The molecule has 0 aliphatic rings. The molecule has 0 spiro atoms. The number of benzene rings is 1. The van der Waals surface area contributed by atoms with Crippen molar-refractivity contribution < 1.29 is 9.47 Å². The van der Waals surface area contributed by atoms with Crippen LogP contribution in [0, 0.1) is 22.7 Å². The van der Waals surface area contributed by atoms with Crippen LogP contribution in [0.5, 0.6) is 5.75 Å². The Bertz CT molecular complexity index is 1080. The largest absolute Gasteiger partial charge is 0.491 e. The SMILES string of the molecule is COCCOc1ccc(-c2c(C#N)c(N)nc(S[C@H](C)c3ccc[nH]3)c2C#N)cc1. The van der Waals surface area contributed by atoms with E-state index < -0.39 is 0 Å². The van der Waals surface area contributed by atoms with Crippen LogP contribution in [0.3, 0.4) is 0 Å². The van der Waals surface area contributed by atoms with Crippen molar-refractivity contribution in [2.75, 3.05) is 26.1 Å². The van der Waals surface area contributed by atoms with Crippen LogP contribution in [-0.2, 0) is 4.74 Å². The van der Waals surface area contributed by atoms with Crippen LogP contribution < -0.4 is 10.5 Å². The lowest BCUT2D eigenvalue weighted by Gasteiger charge is -2.15. The highest BCUT2D eigenvalue weighted by molar-refractivity contribution is 7.99. The lowest BCUT2D eigenvalue weighted by Crippen LogP contribution is -2.05. The number of aromatic amines is 1. The Labute approximate surface area is 179 Å². The summed E-state index contributed by atoms with van der Waals surface area (Å²) >= 11 is 1.42. The number of nitrogens with two attached hydrogens (primary N) is 1. The smallest absolute Gasteiger partial charge is 0.143 e. The van der Waals surface area contributed by atoms with Crippen LogP contribution in [-0.4, -0.2) is 30.3 Å². The minimum Gasteiger partial charge on any atom is -0.491 e. The fraction of sp³-hybridized carbons (Fsp3) is 0.227. The molecule has 152 valence electrons. The molecule has 0 saturated heterocycles. The molecule has 0 aliphatic heterocycles. The van der Waals surface area contributed by atoms with Crippen molar-refractivity contribution in [3.63, 3.8) is 0 Å². The molecule has 0 fully saturated rings. The topological polar surface area (TPSA) is 121 Å². The van der Waals surface area contributed by atoms with Gasteiger partial charge in [-0.2, -0.15) is 10.5 Å². The number of hydrogen-bond donors (Lipinski definition) is 2. The van der Waals surface area contributed by atoms with Gasteiger partial charge >= 0.3 is 0 Å². The van der Waals surface area contributed by atoms with Crippen molar-refractivity contribution >= 4 is 17.6 Å². The van der Waals surface area contributed by atoms with E-state index in [1.54, 1.807) is 31.4 Å². The second-order valence-corrected chi connectivity index (χ2v) is 7.73. The number of H-pyrrole nitrogens is 1. The Morgan fingerprint density at radius 2 is 1.87 bits per heavy atom. The minimum absolute atomic E-state index is 0.0244. The van der Waals surface area contributed by atoms with Gasteiger partial charge in [-0.05, 0) is 36.8 Å². The molecule has 30 heavy (non-hydrogen) atoms. The molecule has 2 heterocycles. The first-order valence-electron chi connectivity index (χ1n) is 9.24. The predicted octanol–water partition coefficient (Wildman–Crippen LogP) is 4.28. The van der Waals surface area contributed by atoms with Gasteiger partial charge in [0.05, 0.1) is 12.2 Å². The minimum atomic E-state index is 0.0244. The van der Waals surface area contributed by atoms with E-state index in [0.29, 0.717) is 40.7 Å². The summed E-state index contributed by atoms with van der Waals surface area (Å²) < 4.78 is 10.6. The summed E-state index contributed by atoms with van der Waals surface area (Å²) in [4.78, 5) is 7.53. The van der Waals surface area contributed by atoms with E-state index in [1.807, 2.05) is 25.3 Å². The third kappa shape index (κ3) is 4.57. The number of nitriles is 2. The molecule has 3 rings (SSSR count). The van der Waals surface area contributed by atoms with Gasteiger partial charge in [0.1, 0.15) is 40.9 Å². The fourth-order valence-corrected chi connectivity index (χ4v) is 3.99. The monoisotopic (exact) mass is 419 g/mol. The standard InChI is InChI=1S/C22H21N5O2S/c1-14(19-4-3-9-26-19)30-22-18(13-24)20(17(12-23)21(25)27-22)15-5-7-16(8-6-15)29-11-10-28-2/h3-9,14,26H,10-11H2,1-2H3,(H2,25,27)/t14-/m1/s1. The summed E-state index contributed by atoms with van der Waals surface area (Å²) in [7, 11) is 1.61. The first-order valence-corrected chi connectivity index (χ1v) is 10.1. The van der Waals surface area contributed by atoms with Crippen molar-refractivity contribution in [1.82, 2.24) is 9.97 Å². The molecule has 3 N–H and O–H groups in total. The second-order valence-electron chi connectivity index (χ2n) is 6.40. The first kappa shape index (κ1) is 21.3. The van der Waals surface area contributed by atoms with Crippen LogP contribution in [0.1, 0.15) is 29.0 Å². The molecule has 3 aromatic rings. The Balaban J connectivity index is 2.01. The van der Waals surface area contributed by atoms with Crippen molar-refractivity contribution in [3.8, 4) is 29.0 Å². The van der Waals surface area contributed by atoms with E-state index in [4.69, 9.17) is 15.2 Å². The van der Waals surface area contributed by atoms with E-state index in [-0.39, 0.29) is 16.6 Å². The van der Waals surface area contributed by atoms with Crippen molar-refractivity contribution in [2.24, 2.45) is 0 Å². The average molecular weight is 420 g/mol. The first-order chi connectivity index (χ1) is 14.6. The number of pyridine rings is 1. The van der Waals surface area contributed by atoms with Gasteiger partial charge in [-0.25, -0.2) is 4.98 Å². The van der Waals surface area contributed by atoms with E-state index in [2.05, 4.69) is 22.1 Å². The highest BCUT2D eigenvalue weighted by Gasteiger charge is 2.22. The summed E-state index contributed by atoms with van der Waals surface area (Å²) in [6, 6.07) is 15.4. The fourth-order valence-electron chi connectivity index (χ4n) is 2.96. The maximum absolute atomic E-state index is 9.91. The van der Waals surface area contributed by atoms with Gasteiger partial charge in [0.2, 0.25) is 0 Å². The number of methoxy groups -OCH3 is 1. The van der Waals surface area contributed by atoms with Crippen LogP contribution in [0.15, 0.2) is 47.6 Å². The molecule has 0 aliphatic carbocycles. The highest BCUT2D eigenvalue weighted by atomic mass is 32.2. The Morgan fingerprint density at radius 1 is 1.13 bits per heavy atom. The zero-order chi connectivity index (χ0) is 21.5. The zero-order valence-electron chi connectivity index (χ0n) is 16.7. The molecule has 0 bridgehead atoms. The maximum atomic E-state index is 9.91. The van der Waals surface area contributed by atoms with Crippen molar-refractivity contribution in [2.45, 2.75) is 17.2 Å². The van der Waals surface area contributed by atoms with E-state index in [9.17, 15) is 10.5 Å². The van der Waals surface area contributed by atoms with Gasteiger partial charge < -0.3 is 20.2 Å². The normalized spacial score (nSPS) is 11.5. The molecular formula is C22H21N5O2S. The molecule has 1 aromatic carbocycles. The average Bonchev–Trinajstić information content (AvgIpc) is 3.29. The van der Waals surface area contributed by atoms with E-state index in [1.165, 1.54) is 11.8 Å².